The minimum absolute atomic E-state index is 0.0893. The SMILES string of the molecule is NS(=O)(=O)CCNC(=O)CCCCBr. The molecule has 0 aliphatic carbocycles. The standard InChI is InChI=1S/C7H15BrN2O3S/c8-4-2-1-3-7(11)10-5-6-14(9,12)13/h1-6H2,(H,10,11)(H2,9,12,13). The van der Waals surface area contributed by atoms with Crippen molar-refractivity contribution in [2.75, 3.05) is 17.6 Å². The predicted octanol–water partition coefficient (Wildman–Crippen LogP) is -0.0437. The average molecular weight is 287 g/mol. The Hall–Kier alpha value is -0.140. The van der Waals surface area contributed by atoms with Crippen LogP contribution in [0.5, 0.6) is 0 Å². The number of carbonyl (C=O) groups excluding carboxylic acids is 1. The number of rotatable bonds is 7. The molecule has 0 spiro atoms. The van der Waals surface area contributed by atoms with Crippen LogP contribution in [0, 0.1) is 0 Å². The van der Waals surface area contributed by atoms with Crippen molar-refractivity contribution in [3.8, 4) is 0 Å². The summed E-state index contributed by atoms with van der Waals surface area (Å²) in [6.45, 7) is 0.0893. The van der Waals surface area contributed by atoms with Gasteiger partial charge in [0, 0.05) is 18.3 Å². The fourth-order valence-corrected chi connectivity index (χ4v) is 1.58. The Morgan fingerprint density at radius 3 is 2.50 bits per heavy atom. The number of nitrogens with one attached hydrogen (secondary N) is 1. The van der Waals surface area contributed by atoms with Crippen molar-refractivity contribution in [1.82, 2.24) is 5.32 Å². The van der Waals surface area contributed by atoms with Crippen molar-refractivity contribution in [2.24, 2.45) is 5.14 Å². The third-order valence-electron chi connectivity index (χ3n) is 1.50. The quantitative estimate of drug-likeness (QED) is 0.508. The number of alkyl halides is 1. The Kier molecular flexibility index (Phi) is 7.12. The topological polar surface area (TPSA) is 89.3 Å². The van der Waals surface area contributed by atoms with E-state index in [1.807, 2.05) is 0 Å². The van der Waals surface area contributed by atoms with Crippen LogP contribution in [-0.2, 0) is 14.8 Å². The summed E-state index contributed by atoms with van der Waals surface area (Å²) in [5, 5.41) is 8.12. The van der Waals surface area contributed by atoms with Crippen LogP contribution in [0.4, 0.5) is 0 Å². The molecule has 0 unspecified atom stereocenters. The van der Waals surface area contributed by atoms with Crippen LogP contribution in [0.2, 0.25) is 0 Å². The van der Waals surface area contributed by atoms with Crippen molar-refractivity contribution in [3.63, 3.8) is 0 Å². The van der Waals surface area contributed by atoms with E-state index in [0.717, 1.165) is 18.2 Å². The number of nitrogens with two attached hydrogens (primary N) is 1. The highest BCUT2D eigenvalue weighted by Gasteiger charge is 2.04. The largest absolute Gasteiger partial charge is 0.355 e. The van der Waals surface area contributed by atoms with E-state index in [-0.39, 0.29) is 18.2 Å². The fourth-order valence-electron chi connectivity index (χ4n) is 0.801. The summed E-state index contributed by atoms with van der Waals surface area (Å²) in [7, 11) is -3.47. The van der Waals surface area contributed by atoms with Gasteiger partial charge in [-0.05, 0) is 12.8 Å². The average Bonchev–Trinajstić information content (AvgIpc) is 2.02. The fraction of sp³-hybridized carbons (Fsp3) is 0.857. The van der Waals surface area contributed by atoms with E-state index < -0.39 is 10.0 Å². The Morgan fingerprint density at radius 1 is 1.36 bits per heavy atom. The lowest BCUT2D eigenvalue weighted by molar-refractivity contribution is -0.121. The van der Waals surface area contributed by atoms with Gasteiger partial charge in [0.1, 0.15) is 0 Å². The molecule has 84 valence electrons. The van der Waals surface area contributed by atoms with Gasteiger partial charge in [-0.15, -0.1) is 0 Å². The third kappa shape index (κ3) is 9.94. The molecule has 0 aliphatic rings. The number of sulfonamides is 1. The summed E-state index contributed by atoms with van der Waals surface area (Å²) >= 11 is 3.25. The molecule has 0 fully saturated rings. The van der Waals surface area contributed by atoms with E-state index >= 15 is 0 Å². The van der Waals surface area contributed by atoms with Gasteiger partial charge in [-0.2, -0.15) is 0 Å². The van der Waals surface area contributed by atoms with Crippen LogP contribution in [0.1, 0.15) is 19.3 Å². The monoisotopic (exact) mass is 286 g/mol. The smallest absolute Gasteiger partial charge is 0.220 e. The van der Waals surface area contributed by atoms with Gasteiger partial charge in [-0.3, -0.25) is 4.79 Å². The number of unbranched alkanes of at least 4 members (excludes halogenated alkanes) is 1. The lowest BCUT2D eigenvalue weighted by Crippen LogP contribution is -2.31. The van der Waals surface area contributed by atoms with Gasteiger partial charge in [-0.25, -0.2) is 13.6 Å². The summed E-state index contributed by atoms with van der Waals surface area (Å²) in [5.41, 5.74) is 0. The summed E-state index contributed by atoms with van der Waals surface area (Å²) in [5.74, 6) is -0.341. The van der Waals surface area contributed by atoms with Gasteiger partial charge in [0.2, 0.25) is 15.9 Å². The van der Waals surface area contributed by atoms with Crippen LogP contribution in [0.15, 0.2) is 0 Å². The maximum atomic E-state index is 11.0. The lowest BCUT2D eigenvalue weighted by Gasteiger charge is -2.03. The molecule has 0 aromatic heterocycles. The Balaban J connectivity index is 3.45. The highest BCUT2D eigenvalue weighted by atomic mass is 79.9. The molecule has 0 radical (unpaired) electrons. The molecule has 0 atom stereocenters. The van der Waals surface area contributed by atoms with Crippen LogP contribution in [-0.4, -0.2) is 32.0 Å². The second-order valence-corrected chi connectivity index (χ2v) is 5.39. The number of carbonyl (C=O) groups is 1. The first-order chi connectivity index (χ1) is 6.45. The molecule has 0 aromatic carbocycles. The second kappa shape index (κ2) is 7.19. The van der Waals surface area contributed by atoms with Crippen molar-refractivity contribution in [2.45, 2.75) is 19.3 Å². The van der Waals surface area contributed by atoms with Crippen LogP contribution in [0.3, 0.4) is 0 Å². The first-order valence-corrected chi connectivity index (χ1v) is 7.12. The summed E-state index contributed by atoms with van der Waals surface area (Å²) in [6.07, 6.45) is 2.16. The highest BCUT2D eigenvalue weighted by molar-refractivity contribution is 9.09. The van der Waals surface area contributed by atoms with Crippen molar-refractivity contribution in [3.05, 3.63) is 0 Å². The molecule has 14 heavy (non-hydrogen) atoms. The molecular weight excluding hydrogens is 272 g/mol. The summed E-state index contributed by atoms with van der Waals surface area (Å²) in [4.78, 5) is 11.0. The molecule has 0 saturated carbocycles. The Bertz CT molecular complexity index is 266. The summed E-state index contributed by atoms with van der Waals surface area (Å²) in [6, 6.07) is 0. The molecule has 0 aromatic rings. The van der Waals surface area contributed by atoms with Gasteiger partial charge in [0.05, 0.1) is 5.75 Å². The normalized spacial score (nSPS) is 11.3. The molecule has 0 bridgehead atoms. The van der Waals surface area contributed by atoms with Gasteiger partial charge < -0.3 is 5.32 Å². The van der Waals surface area contributed by atoms with E-state index in [9.17, 15) is 13.2 Å². The number of halogens is 1. The first-order valence-electron chi connectivity index (χ1n) is 4.29. The lowest BCUT2D eigenvalue weighted by atomic mass is 10.2. The second-order valence-electron chi connectivity index (χ2n) is 2.86. The predicted molar refractivity (Wildman–Crippen MR) is 58.6 cm³/mol. The van der Waals surface area contributed by atoms with E-state index in [0.29, 0.717) is 6.42 Å². The Labute approximate surface area is 92.6 Å². The van der Waals surface area contributed by atoms with Crippen molar-refractivity contribution >= 4 is 31.9 Å². The zero-order valence-corrected chi connectivity index (χ0v) is 10.2. The van der Waals surface area contributed by atoms with Gasteiger partial charge in [0.15, 0.2) is 0 Å². The zero-order chi connectivity index (χ0) is 11.0. The third-order valence-corrected chi connectivity index (χ3v) is 2.83. The molecule has 1 amide bonds. The first kappa shape index (κ1) is 13.9. The van der Waals surface area contributed by atoms with Gasteiger partial charge >= 0.3 is 0 Å². The Morgan fingerprint density at radius 2 is 2.00 bits per heavy atom. The van der Waals surface area contributed by atoms with E-state index in [2.05, 4.69) is 21.2 Å². The molecule has 0 saturated heterocycles. The minimum Gasteiger partial charge on any atom is -0.355 e. The zero-order valence-electron chi connectivity index (χ0n) is 7.83. The number of primary sulfonamides is 1. The van der Waals surface area contributed by atoms with Crippen molar-refractivity contribution < 1.29 is 13.2 Å². The number of hydrogen-bond donors (Lipinski definition) is 2. The van der Waals surface area contributed by atoms with E-state index in [1.54, 1.807) is 0 Å². The number of amides is 1. The van der Waals surface area contributed by atoms with Gasteiger partial charge in [0.25, 0.3) is 0 Å². The maximum Gasteiger partial charge on any atom is 0.220 e. The van der Waals surface area contributed by atoms with Crippen LogP contribution in [0.25, 0.3) is 0 Å². The molecule has 0 rings (SSSR count). The van der Waals surface area contributed by atoms with Crippen LogP contribution >= 0.6 is 15.9 Å². The highest BCUT2D eigenvalue weighted by Crippen LogP contribution is 1.97. The van der Waals surface area contributed by atoms with Crippen LogP contribution < -0.4 is 10.5 Å². The molecule has 5 nitrogen and oxygen atoms in total. The molecular formula is C7H15BrN2O3S. The minimum atomic E-state index is -3.47. The van der Waals surface area contributed by atoms with Gasteiger partial charge in [-0.1, -0.05) is 15.9 Å². The van der Waals surface area contributed by atoms with E-state index in [4.69, 9.17) is 5.14 Å². The van der Waals surface area contributed by atoms with Crippen molar-refractivity contribution in [1.29, 1.82) is 0 Å². The maximum absolute atomic E-state index is 11.0. The summed E-state index contributed by atoms with van der Waals surface area (Å²) < 4.78 is 21.0. The number of hydrogen-bond acceptors (Lipinski definition) is 3. The molecule has 3 N–H and O–H groups in total. The molecule has 0 heterocycles. The van der Waals surface area contributed by atoms with E-state index in [1.165, 1.54) is 0 Å². The molecule has 0 aliphatic heterocycles. The molecule has 7 heteroatoms.